The highest BCUT2D eigenvalue weighted by Crippen LogP contribution is 2.21. The Bertz CT molecular complexity index is 668. The molecule has 1 atom stereocenters. The van der Waals surface area contributed by atoms with Crippen molar-refractivity contribution in [2.45, 2.75) is 13.0 Å². The van der Waals surface area contributed by atoms with E-state index in [9.17, 15) is 18.0 Å². The average Bonchev–Trinajstić information content (AvgIpc) is 2.41. The fraction of sp³-hybridized carbons (Fsp3) is 0.133. The molecule has 3 N–H and O–H groups in total. The summed E-state index contributed by atoms with van der Waals surface area (Å²) in [6, 6.07) is 5.82. The van der Waals surface area contributed by atoms with Crippen LogP contribution in [0.25, 0.3) is 0 Å². The van der Waals surface area contributed by atoms with Gasteiger partial charge in [-0.05, 0) is 37.3 Å². The Morgan fingerprint density at radius 1 is 1.14 bits per heavy atom. The van der Waals surface area contributed by atoms with Gasteiger partial charge in [-0.3, -0.25) is 4.79 Å². The molecule has 0 aliphatic rings. The molecule has 0 saturated carbocycles. The van der Waals surface area contributed by atoms with Gasteiger partial charge in [0, 0.05) is 11.3 Å². The van der Waals surface area contributed by atoms with Crippen LogP contribution < -0.4 is 11.1 Å². The van der Waals surface area contributed by atoms with Gasteiger partial charge in [-0.1, -0.05) is 6.07 Å². The van der Waals surface area contributed by atoms with Crippen LogP contribution in [0.5, 0.6) is 0 Å². The van der Waals surface area contributed by atoms with E-state index >= 15 is 0 Å². The van der Waals surface area contributed by atoms with Crippen molar-refractivity contribution in [3.63, 3.8) is 0 Å². The monoisotopic (exact) mass is 294 g/mol. The molecule has 0 bridgehead atoms. The van der Waals surface area contributed by atoms with E-state index in [0.29, 0.717) is 0 Å². The first-order valence-corrected chi connectivity index (χ1v) is 6.20. The van der Waals surface area contributed by atoms with E-state index in [1.165, 1.54) is 19.1 Å². The number of hydrogen-bond acceptors (Lipinski definition) is 2. The van der Waals surface area contributed by atoms with Crippen molar-refractivity contribution in [2.75, 3.05) is 5.73 Å². The molecule has 2 rings (SSSR count). The summed E-state index contributed by atoms with van der Waals surface area (Å²) in [6.07, 6.45) is 0. The molecule has 0 heterocycles. The second-order valence-corrected chi connectivity index (χ2v) is 4.56. The lowest BCUT2D eigenvalue weighted by atomic mass is 10.1. The quantitative estimate of drug-likeness (QED) is 0.854. The molecular weight excluding hydrogens is 281 g/mol. The maximum atomic E-state index is 13.6. The largest absolute Gasteiger partial charge is 0.398 e. The number of hydrogen-bond donors (Lipinski definition) is 2. The molecule has 0 aliphatic carbocycles. The van der Waals surface area contributed by atoms with Gasteiger partial charge in [0.15, 0.2) is 0 Å². The molecule has 3 nitrogen and oxygen atoms in total. The third kappa shape index (κ3) is 3.16. The molecular formula is C15H13F3N2O. The zero-order valence-electron chi connectivity index (χ0n) is 11.2. The molecule has 6 heteroatoms. The van der Waals surface area contributed by atoms with Crippen LogP contribution in [0.2, 0.25) is 0 Å². The minimum Gasteiger partial charge on any atom is -0.398 e. The minimum atomic E-state index is -0.929. The fourth-order valence-electron chi connectivity index (χ4n) is 2.00. The molecule has 0 radical (unpaired) electrons. The highest BCUT2D eigenvalue weighted by Gasteiger charge is 2.19. The van der Waals surface area contributed by atoms with Gasteiger partial charge < -0.3 is 11.1 Å². The number of nitrogens with two attached hydrogens (primary N) is 1. The summed E-state index contributed by atoms with van der Waals surface area (Å²) < 4.78 is 40.4. The van der Waals surface area contributed by atoms with E-state index in [1.54, 1.807) is 0 Å². The zero-order valence-corrected chi connectivity index (χ0v) is 11.2. The highest BCUT2D eigenvalue weighted by molar-refractivity contribution is 5.99. The van der Waals surface area contributed by atoms with E-state index in [0.717, 1.165) is 24.3 Å². The average molecular weight is 294 g/mol. The number of anilines is 1. The third-order valence-electron chi connectivity index (χ3n) is 3.04. The first kappa shape index (κ1) is 14.9. The fourth-order valence-corrected chi connectivity index (χ4v) is 2.00. The summed E-state index contributed by atoms with van der Waals surface area (Å²) in [7, 11) is 0. The van der Waals surface area contributed by atoms with E-state index in [2.05, 4.69) is 5.32 Å². The Kier molecular flexibility index (Phi) is 4.16. The van der Waals surface area contributed by atoms with Crippen LogP contribution >= 0.6 is 0 Å². The number of carbonyl (C=O) groups is 1. The van der Waals surface area contributed by atoms with Crippen molar-refractivity contribution in [1.82, 2.24) is 5.32 Å². The summed E-state index contributed by atoms with van der Waals surface area (Å²) in [5.41, 5.74) is 5.32. The smallest absolute Gasteiger partial charge is 0.253 e. The summed E-state index contributed by atoms with van der Waals surface area (Å²) in [5.74, 6) is -2.87. The SMILES string of the molecule is CC(NC(=O)c1cc(F)ccc1N)c1c(F)cccc1F. The van der Waals surface area contributed by atoms with Gasteiger partial charge in [-0.2, -0.15) is 0 Å². The topological polar surface area (TPSA) is 55.1 Å². The van der Waals surface area contributed by atoms with Crippen LogP contribution in [0.1, 0.15) is 28.9 Å². The second-order valence-electron chi connectivity index (χ2n) is 4.56. The zero-order chi connectivity index (χ0) is 15.6. The van der Waals surface area contributed by atoms with E-state index in [1.807, 2.05) is 0 Å². The number of carbonyl (C=O) groups excluding carboxylic acids is 1. The summed E-state index contributed by atoms with van der Waals surface area (Å²) in [4.78, 5) is 12.0. The van der Waals surface area contributed by atoms with E-state index in [4.69, 9.17) is 5.73 Å². The lowest BCUT2D eigenvalue weighted by molar-refractivity contribution is 0.0939. The lowest BCUT2D eigenvalue weighted by Gasteiger charge is -2.16. The normalized spacial score (nSPS) is 12.0. The van der Waals surface area contributed by atoms with Crippen molar-refractivity contribution >= 4 is 11.6 Å². The van der Waals surface area contributed by atoms with Gasteiger partial charge in [0.05, 0.1) is 11.6 Å². The van der Waals surface area contributed by atoms with Gasteiger partial charge in [-0.25, -0.2) is 13.2 Å². The maximum Gasteiger partial charge on any atom is 0.253 e. The summed E-state index contributed by atoms with van der Waals surface area (Å²) >= 11 is 0. The van der Waals surface area contributed by atoms with Gasteiger partial charge in [0.25, 0.3) is 5.91 Å². The van der Waals surface area contributed by atoms with Crippen molar-refractivity contribution in [2.24, 2.45) is 0 Å². The van der Waals surface area contributed by atoms with Crippen LogP contribution in [0, 0.1) is 17.5 Å². The molecule has 1 unspecified atom stereocenters. The Morgan fingerprint density at radius 3 is 2.38 bits per heavy atom. The number of nitrogens with one attached hydrogen (secondary N) is 1. The molecule has 21 heavy (non-hydrogen) atoms. The van der Waals surface area contributed by atoms with Crippen LogP contribution in [-0.2, 0) is 0 Å². The maximum absolute atomic E-state index is 13.6. The van der Waals surface area contributed by atoms with Gasteiger partial charge in [0.2, 0.25) is 0 Å². The standard InChI is InChI=1S/C15H13F3N2O/c1-8(14-11(17)3-2-4-12(14)18)20-15(21)10-7-9(16)5-6-13(10)19/h2-8H,19H2,1H3,(H,20,21). The first-order valence-electron chi connectivity index (χ1n) is 6.20. The Morgan fingerprint density at radius 2 is 1.76 bits per heavy atom. The van der Waals surface area contributed by atoms with Crippen molar-refractivity contribution in [1.29, 1.82) is 0 Å². The third-order valence-corrected chi connectivity index (χ3v) is 3.04. The van der Waals surface area contributed by atoms with Crippen molar-refractivity contribution in [3.05, 3.63) is 65.0 Å². The molecule has 0 saturated heterocycles. The number of amides is 1. The molecule has 2 aromatic carbocycles. The number of nitrogen functional groups attached to an aromatic ring is 1. The minimum absolute atomic E-state index is 0.0788. The van der Waals surface area contributed by atoms with Crippen LogP contribution in [-0.4, -0.2) is 5.91 Å². The molecule has 0 aromatic heterocycles. The molecule has 0 spiro atoms. The van der Waals surface area contributed by atoms with Gasteiger partial charge in [-0.15, -0.1) is 0 Å². The molecule has 2 aromatic rings. The second kappa shape index (κ2) is 5.87. The van der Waals surface area contributed by atoms with Gasteiger partial charge >= 0.3 is 0 Å². The predicted molar refractivity (Wildman–Crippen MR) is 73.1 cm³/mol. The molecule has 0 fully saturated rings. The van der Waals surface area contributed by atoms with E-state index in [-0.39, 0.29) is 16.8 Å². The number of benzene rings is 2. The predicted octanol–water partition coefficient (Wildman–Crippen LogP) is 3.18. The van der Waals surface area contributed by atoms with Crippen molar-refractivity contribution in [3.8, 4) is 0 Å². The molecule has 1 amide bonds. The highest BCUT2D eigenvalue weighted by atomic mass is 19.1. The van der Waals surface area contributed by atoms with Gasteiger partial charge in [0.1, 0.15) is 17.5 Å². The van der Waals surface area contributed by atoms with Crippen LogP contribution in [0.3, 0.4) is 0 Å². The Hall–Kier alpha value is -2.50. The number of rotatable bonds is 3. The lowest BCUT2D eigenvalue weighted by Crippen LogP contribution is -2.28. The van der Waals surface area contributed by atoms with Crippen molar-refractivity contribution < 1.29 is 18.0 Å². The summed E-state index contributed by atoms with van der Waals surface area (Å²) in [6.45, 7) is 1.43. The number of halogens is 3. The van der Waals surface area contributed by atoms with E-state index < -0.39 is 29.4 Å². The Labute approximate surface area is 119 Å². The Balaban J connectivity index is 2.25. The molecule has 0 aliphatic heterocycles. The van der Waals surface area contributed by atoms with Crippen LogP contribution in [0.4, 0.5) is 18.9 Å². The first-order chi connectivity index (χ1) is 9.90. The summed E-state index contributed by atoms with van der Waals surface area (Å²) in [5, 5.41) is 2.40. The molecule has 110 valence electrons. The van der Waals surface area contributed by atoms with Crippen LogP contribution in [0.15, 0.2) is 36.4 Å².